The summed E-state index contributed by atoms with van der Waals surface area (Å²) in [4.78, 5) is 0. The van der Waals surface area contributed by atoms with Crippen LogP contribution in [0.4, 0.5) is 0 Å². The van der Waals surface area contributed by atoms with E-state index in [9.17, 15) is 0 Å². The van der Waals surface area contributed by atoms with E-state index in [1.807, 2.05) is 0 Å². The average molecular weight is 143 g/mol. The summed E-state index contributed by atoms with van der Waals surface area (Å²) in [5, 5.41) is 3.40. The molecular weight excluding hydrogens is 126 g/mol. The van der Waals surface area contributed by atoms with Crippen LogP contribution in [0.1, 0.15) is 33.6 Å². The van der Waals surface area contributed by atoms with Crippen LogP contribution in [0.2, 0.25) is 0 Å². The standard InChI is InChI=1S/C8H17NO/c1-8(2,3)9-7-5-4-6-10-7/h7,9H,4-6H2,1-3H3. The molecule has 0 amide bonds. The fraction of sp³-hybridized carbons (Fsp3) is 1.00. The van der Waals surface area contributed by atoms with Gasteiger partial charge in [0, 0.05) is 12.1 Å². The van der Waals surface area contributed by atoms with Gasteiger partial charge in [-0.1, -0.05) is 0 Å². The molecule has 1 aliphatic rings. The molecule has 10 heavy (non-hydrogen) atoms. The molecule has 0 radical (unpaired) electrons. The van der Waals surface area contributed by atoms with Gasteiger partial charge in [-0.15, -0.1) is 0 Å². The lowest BCUT2D eigenvalue weighted by Gasteiger charge is -2.24. The van der Waals surface area contributed by atoms with Gasteiger partial charge in [0.1, 0.15) is 6.23 Å². The second-order valence-electron chi connectivity index (χ2n) is 3.90. The Balaban J connectivity index is 2.24. The van der Waals surface area contributed by atoms with Crippen molar-refractivity contribution in [3.63, 3.8) is 0 Å². The molecule has 1 saturated heterocycles. The number of nitrogens with one attached hydrogen (secondary N) is 1. The summed E-state index contributed by atoms with van der Waals surface area (Å²) in [6.45, 7) is 7.41. The van der Waals surface area contributed by atoms with Gasteiger partial charge in [-0.05, 0) is 33.6 Å². The molecule has 2 heteroatoms. The Morgan fingerprint density at radius 2 is 2.10 bits per heavy atom. The van der Waals surface area contributed by atoms with E-state index in [4.69, 9.17) is 4.74 Å². The van der Waals surface area contributed by atoms with Crippen molar-refractivity contribution in [2.75, 3.05) is 6.61 Å². The fourth-order valence-corrected chi connectivity index (χ4v) is 1.17. The molecule has 2 nitrogen and oxygen atoms in total. The summed E-state index contributed by atoms with van der Waals surface area (Å²) < 4.78 is 5.42. The second-order valence-corrected chi connectivity index (χ2v) is 3.90. The van der Waals surface area contributed by atoms with Gasteiger partial charge in [0.25, 0.3) is 0 Å². The molecule has 1 rings (SSSR count). The SMILES string of the molecule is CC(C)(C)NC1CCCO1. The summed E-state index contributed by atoms with van der Waals surface area (Å²) in [5.41, 5.74) is 0.189. The highest BCUT2D eigenvalue weighted by Crippen LogP contribution is 2.12. The highest BCUT2D eigenvalue weighted by molar-refractivity contribution is 4.74. The lowest BCUT2D eigenvalue weighted by Crippen LogP contribution is -2.43. The Labute approximate surface area is 63.0 Å². The molecule has 1 aliphatic heterocycles. The molecule has 1 unspecified atom stereocenters. The first-order chi connectivity index (χ1) is 4.58. The minimum absolute atomic E-state index is 0.189. The van der Waals surface area contributed by atoms with Crippen molar-refractivity contribution in [1.29, 1.82) is 0 Å². The van der Waals surface area contributed by atoms with Crippen molar-refractivity contribution in [3.05, 3.63) is 0 Å². The van der Waals surface area contributed by atoms with Crippen LogP contribution in [0.25, 0.3) is 0 Å². The molecule has 0 spiro atoms. The van der Waals surface area contributed by atoms with E-state index in [0.717, 1.165) is 13.0 Å². The minimum Gasteiger partial charge on any atom is -0.363 e. The summed E-state index contributed by atoms with van der Waals surface area (Å²) >= 11 is 0. The quantitative estimate of drug-likeness (QED) is 0.600. The van der Waals surface area contributed by atoms with Crippen LogP contribution in [0.3, 0.4) is 0 Å². The van der Waals surface area contributed by atoms with Crippen molar-refractivity contribution in [2.45, 2.75) is 45.4 Å². The van der Waals surface area contributed by atoms with Gasteiger partial charge in [-0.2, -0.15) is 0 Å². The number of rotatable bonds is 1. The predicted octanol–water partition coefficient (Wildman–Crippen LogP) is 1.51. The fourth-order valence-electron chi connectivity index (χ4n) is 1.17. The first-order valence-corrected chi connectivity index (χ1v) is 3.97. The van der Waals surface area contributed by atoms with Crippen LogP contribution < -0.4 is 5.32 Å². The molecule has 0 aromatic heterocycles. The van der Waals surface area contributed by atoms with Gasteiger partial charge >= 0.3 is 0 Å². The second kappa shape index (κ2) is 2.89. The van der Waals surface area contributed by atoms with Gasteiger partial charge < -0.3 is 4.74 Å². The van der Waals surface area contributed by atoms with Crippen molar-refractivity contribution in [1.82, 2.24) is 5.32 Å². The zero-order valence-electron chi connectivity index (χ0n) is 7.11. The zero-order valence-corrected chi connectivity index (χ0v) is 7.11. The van der Waals surface area contributed by atoms with Crippen molar-refractivity contribution >= 4 is 0 Å². The van der Waals surface area contributed by atoms with Crippen LogP contribution in [0.15, 0.2) is 0 Å². The van der Waals surface area contributed by atoms with Crippen molar-refractivity contribution in [3.8, 4) is 0 Å². The smallest absolute Gasteiger partial charge is 0.108 e. The van der Waals surface area contributed by atoms with E-state index < -0.39 is 0 Å². The minimum atomic E-state index is 0.189. The highest BCUT2D eigenvalue weighted by atomic mass is 16.5. The van der Waals surface area contributed by atoms with E-state index in [0.29, 0.717) is 6.23 Å². The lowest BCUT2D eigenvalue weighted by molar-refractivity contribution is 0.0631. The molecule has 0 bridgehead atoms. The van der Waals surface area contributed by atoms with E-state index in [1.54, 1.807) is 0 Å². The maximum absolute atomic E-state index is 5.42. The molecular formula is C8H17NO. The topological polar surface area (TPSA) is 21.3 Å². The molecule has 60 valence electrons. The Bertz CT molecular complexity index is 100. The molecule has 0 aromatic carbocycles. The summed E-state index contributed by atoms with van der Waals surface area (Å²) in [7, 11) is 0. The maximum atomic E-state index is 5.42. The van der Waals surface area contributed by atoms with E-state index in [1.165, 1.54) is 6.42 Å². The van der Waals surface area contributed by atoms with E-state index in [2.05, 4.69) is 26.1 Å². The van der Waals surface area contributed by atoms with Crippen LogP contribution in [0.5, 0.6) is 0 Å². The van der Waals surface area contributed by atoms with Gasteiger partial charge in [0.15, 0.2) is 0 Å². The van der Waals surface area contributed by atoms with Crippen LogP contribution in [-0.4, -0.2) is 18.4 Å². The maximum Gasteiger partial charge on any atom is 0.108 e. The Morgan fingerprint density at radius 3 is 2.50 bits per heavy atom. The number of hydrogen-bond acceptors (Lipinski definition) is 2. The molecule has 0 aliphatic carbocycles. The van der Waals surface area contributed by atoms with Gasteiger partial charge in [0.05, 0.1) is 0 Å². The van der Waals surface area contributed by atoms with E-state index in [-0.39, 0.29) is 5.54 Å². The third kappa shape index (κ3) is 2.67. The Kier molecular flexibility index (Phi) is 2.32. The first kappa shape index (κ1) is 8.02. The largest absolute Gasteiger partial charge is 0.363 e. The van der Waals surface area contributed by atoms with E-state index >= 15 is 0 Å². The van der Waals surface area contributed by atoms with Crippen LogP contribution in [-0.2, 0) is 4.74 Å². The Hall–Kier alpha value is -0.0800. The molecule has 1 atom stereocenters. The molecule has 0 saturated carbocycles. The monoisotopic (exact) mass is 143 g/mol. The number of ether oxygens (including phenoxy) is 1. The average Bonchev–Trinajstić information content (AvgIpc) is 2.12. The Morgan fingerprint density at radius 1 is 1.40 bits per heavy atom. The van der Waals surface area contributed by atoms with Crippen LogP contribution >= 0.6 is 0 Å². The number of hydrogen-bond donors (Lipinski definition) is 1. The molecule has 1 heterocycles. The van der Waals surface area contributed by atoms with Crippen LogP contribution in [0, 0.1) is 0 Å². The van der Waals surface area contributed by atoms with Crippen molar-refractivity contribution in [2.24, 2.45) is 0 Å². The van der Waals surface area contributed by atoms with Gasteiger partial charge in [-0.3, -0.25) is 5.32 Å². The predicted molar refractivity (Wildman–Crippen MR) is 41.9 cm³/mol. The first-order valence-electron chi connectivity index (χ1n) is 3.97. The summed E-state index contributed by atoms with van der Waals surface area (Å²) in [5.74, 6) is 0. The third-order valence-electron chi connectivity index (χ3n) is 1.52. The summed E-state index contributed by atoms with van der Waals surface area (Å²) in [6.07, 6.45) is 2.67. The lowest BCUT2D eigenvalue weighted by atomic mass is 10.1. The van der Waals surface area contributed by atoms with Gasteiger partial charge in [0.2, 0.25) is 0 Å². The third-order valence-corrected chi connectivity index (χ3v) is 1.52. The highest BCUT2D eigenvalue weighted by Gasteiger charge is 2.20. The van der Waals surface area contributed by atoms with Crippen molar-refractivity contribution < 1.29 is 4.74 Å². The molecule has 1 N–H and O–H groups in total. The molecule has 0 aromatic rings. The van der Waals surface area contributed by atoms with Gasteiger partial charge in [-0.25, -0.2) is 0 Å². The summed E-state index contributed by atoms with van der Waals surface area (Å²) in [6, 6.07) is 0. The normalized spacial score (nSPS) is 27.3. The zero-order chi connectivity index (χ0) is 7.61. The molecule has 1 fully saturated rings.